The second-order valence-corrected chi connectivity index (χ2v) is 10.7. The first kappa shape index (κ1) is 28.4. The highest BCUT2D eigenvalue weighted by Crippen LogP contribution is 2.18. The van der Waals surface area contributed by atoms with Gasteiger partial charge in [0.15, 0.2) is 0 Å². The first-order chi connectivity index (χ1) is 16.7. The predicted octanol–water partition coefficient (Wildman–Crippen LogP) is 4.00. The van der Waals surface area contributed by atoms with Crippen molar-refractivity contribution in [2.75, 3.05) is 23.7 Å². The predicted molar refractivity (Wildman–Crippen MR) is 142 cm³/mol. The fourth-order valence-corrected chi connectivity index (χ4v) is 4.90. The Hall–Kier alpha value is -2.87. The van der Waals surface area contributed by atoms with E-state index >= 15 is 0 Å². The number of anilines is 1. The lowest BCUT2D eigenvalue weighted by Gasteiger charge is -2.32. The summed E-state index contributed by atoms with van der Waals surface area (Å²) in [6.07, 6.45) is 3.62. The van der Waals surface area contributed by atoms with Gasteiger partial charge in [-0.15, -0.1) is 0 Å². The molecule has 0 aliphatic rings. The van der Waals surface area contributed by atoms with Crippen LogP contribution in [0.1, 0.15) is 52.0 Å². The Balaban J connectivity index is 2.14. The zero-order chi connectivity index (χ0) is 25.8. The standard InChI is InChI=1S/C27H39N3O4S/c1-5-22(3)28-27(32)25(6-2)29(21-19-23-14-9-7-10-15-23)26(31)18-13-20-30(35(4,33)34)24-16-11-8-12-17-24/h7-12,14-17,22,25H,5-6,13,18-21H2,1-4H3,(H,28,32)/t22-,25-/m0/s1. The molecule has 0 saturated carbocycles. The molecule has 0 spiro atoms. The average Bonchev–Trinajstić information content (AvgIpc) is 2.84. The largest absolute Gasteiger partial charge is 0.352 e. The van der Waals surface area contributed by atoms with E-state index in [1.807, 2.05) is 57.2 Å². The molecule has 2 atom stereocenters. The van der Waals surface area contributed by atoms with Crippen LogP contribution < -0.4 is 9.62 Å². The summed E-state index contributed by atoms with van der Waals surface area (Å²) < 4.78 is 26.0. The second-order valence-electron chi connectivity index (χ2n) is 8.84. The van der Waals surface area contributed by atoms with Gasteiger partial charge in [0.05, 0.1) is 11.9 Å². The number of benzene rings is 2. The lowest BCUT2D eigenvalue weighted by Crippen LogP contribution is -2.51. The van der Waals surface area contributed by atoms with Gasteiger partial charge in [-0.2, -0.15) is 0 Å². The van der Waals surface area contributed by atoms with E-state index in [9.17, 15) is 18.0 Å². The lowest BCUT2D eigenvalue weighted by atomic mass is 10.1. The van der Waals surface area contributed by atoms with Gasteiger partial charge in [-0.25, -0.2) is 8.42 Å². The molecule has 0 unspecified atom stereocenters. The third kappa shape index (κ3) is 9.02. The van der Waals surface area contributed by atoms with Crippen molar-refractivity contribution in [1.82, 2.24) is 10.2 Å². The first-order valence-corrected chi connectivity index (χ1v) is 14.2. The Bertz CT molecular complexity index is 1030. The number of nitrogens with zero attached hydrogens (tertiary/aromatic N) is 2. The van der Waals surface area contributed by atoms with Crippen LogP contribution in [-0.2, 0) is 26.0 Å². The van der Waals surface area contributed by atoms with Crippen LogP contribution in [0.2, 0.25) is 0 Å². The molecule has 35 heavy (non-hydrogen) atoms. The normalized spacial score (nSPS) is 13.0. The quantitative estimate of drug-likeness (QED) is 0.424. The molecule has 2 rings (SSSR count). The van der Waals surface area contributed by atoms with E-state index in [2.05, 4.69) is 5.32 Å². The third-order valence-electron chi connectivity index (χ3n) is 6.07. The molecule has 2 aromatic carbocycles. The summed E-state index contributed by atoms with van der Waals surface area (Å²) in [7, 11) is -3.49. The van der Waals surface area contributed by atoms with E-state index in [0.29, 0.717) is 31.5 Å². The van der Waals surface area contributed by atoms with Crippen molar-refractivity contribution >= 4 is 27.5 Å². The van der Waals surface area contributed by atoms with Crippen LogP contribution in [0.3, 0.4) is 0 Å². The summed E-state index contributed by atoms with van der Waals surface area (Å²) >= 11 is 0. The smallest absolute Gasteiger partial charge is 0.243 e. The number of para-hydroxylation sites is 1. The van der Waals surface area contributed by atoms with Gasteiger partial charge >= 0.3 is 0 Å². The van der Waals surface area contributed by atoms with Gasteiger partial charge in [-0.3, -0.25) is 13.9 Å². The Morgan fingerprint density at radius 1 is 0.914 bits per heavy atom. The van der Waals surface area contributed by atoms with E-state index < -0.39 is 16.1 Å². The highest BCUT2D eigenvalue weighted by atomic mass is 32.2. The van der Waals surface area contributed by atoms with Crippen molar-refractivity contribution in [2.24, 2.45) is 0 Å². The molecule has 0 aromatic heterocycles. The molecule has 8 heteroatoms. The van der Waals surface area contributed by atoms with E-state index in [4.69, 9.17) is 0 Å². The molecule has 192 valence electrons. The molecule has 7 nitrogen and oxygen atoms in total. The number of carbonyl (C=O) groups is 2. The minimum atomic E-state index is -3.49. The van der Waals surface area contributed by atoms with Crippen LogP contribution in [-0.4, -0.2) is 56.6 Å². The Morgan fingerprint density at radius 3 is 2.06 bits per heavy atom. The summed E-state index contributed by atoms with van der Waals surface area (Å²) in [5.41, 5.74) is 1.66. The number of hydrogen-bond donors (Lipinski definition) is 1. The maximum Gasteiger partial charge on any atom is 0.243 e. The summed E-state index contributed by atoms with van der Waals surface area (Å²) in [4.78, 5) is 28.0. The Kier molecular flexibility index (Phi) is 11.2. The van der Waals surface area contributed by atoms with Crippen molar-refractivity contribution in [2.45, 2.75) is 65.0 Å². The topological polar surface area (TPSA) is 86.8 Å². The number of nitrogens with one attached hydrogen (secondary N) is 1. The van der Waals surface area contributed by atoms with Crippen LogP contribution in [0.4, 0.5) is 5.69 Å². The molecule has 0 heterocycles. The Morgan fingerprint density at radius 2 is 1.51 bits per heavy atom. The molecular weight excluding hydrogens is 462 g/mol. The number of amides is 2. The van der Waals surface area contributed by atoms with Crippen molar-refractivity contribution in [3.05, 3.63) is 66.2 Å². The third-order valence-corrected chi connectivity index (χ3v) is 7.26. The van der Waals surface area contributed by atoms with Crippen molar-refractivity contribution < 1.29 is 18.0 Å². The highest BCUT2D eigenvalue weighted by molar-refractivity contribution is 7.92. The summed E-state index contributed by atoms with van der Waals surface area (Å²) in [5, 5.41) is 3.01. The summed E-state index contributed by atoms with van der Waals surface area (Å²) in [6, 6.07) is 18.2. The maximum atomic E-state index is 13.4. The number of carbonyl (C=O) groups excluding carboxylic acids is 2. The molecule has 0 aliphatic heterocycles. The molecule has 2 amide bonds. The first-order valence-electron chi connectivity index (χ1n) is 12.3. The zero-order valence-electron chi connectivity index (χ0n) is 21.3. The highest BCUT2D eigenvalue weighted by Gasteiger charge is 2.29. The van der Waals surface area contributed by atoms with E-state index in [1.54, 1.807) is 29.2 Å². The van der Waals surface area contributed by atoms with Crippen LogP contribution in [0, 0.1) is 0 Å². The van der Waals surface area contributed by atoms with E-state index in [1.165, 1.54) is 10.6 Å². The zero-order valence-corrected chi connectivity index (χ0v) is 22.1. The second kappa shape index (κ2) is 13.9. The molecule has 0 saturated heterocycles. The van der Waals surface area contributed by atoms with Gasteiger partial charge < -0.3 is 10.2 Å². The number of rotatable bonds is 14. The molecule has 0 bridgehead atoms. The summed E-state index contributed by atoms with van der Waals surface area (Å²) in [6.45, 7) is 6.47. The minimum absolute atomic E-state index is 0.0248. The molecule has 0 aliphatic carbocycles. The van der Waals surface area contributed by atoms with Gasteiger partial charge in [-0.05, 0) is 50.3 Å². The molecular formula is C27H39N3O4S. The minimum Gasteiger partial charge on any atom is -0.352 e. The molecule has 0 radical (unpaired) electrons. The fraction of sp³-hybridized carbons (Fsp3) is 0.481. The maximum absolute atomic E-state index is 13.4. The van der Waals surface area contributed by atoms with Crippen molar-refractivity contribution in [3.8, 4) is 0 Å². The van der Waals surface area contributed by atoms with Crippen molar-refractivity contribution in [1.29, 1.82) is 0 Å². The monoisotopic (exact) mass is 501 g/mol. The van der Waals surface area contributed by atoms with Gasteiger partial charge in [0.25, 0.3) is 0 Å². The van der Waals surface area contributed by atoms with Gasteiger partial charge in [0, 0.05) is 25.6 Å². The summed E-state index contributed by atoms with van der Waals surface area (Å²) in [5.74, 6) is -0.293. The average molecular weight is 502 g/mol. The van der Waals surface area contributed by atoms with Crippen LogP contribution in [0.25, 0.3) is 0 Å². The lowest BCUT2D eigenvalue weighted by molar-refractivity contribution is -0.141. The van der Waals surface area contributed by atoms with E-state index in [0.717, 1.165) is 12.0 Å². The van der Waals surface area contributed by atoms with Crippen LogP contribution in [0.15, 0.2) is 60.7 Å². The van der Waals surface area contributed by atoms with Gasteiger partial charge in [0.2, 0.25) is 21.8 Å². The molecule has 0 fully saturated rings. The van der Waals surface area contributed by atoms with Gasteiger partial charge in [-0.1, -0.05) is 62.4 Å². The number of sulfonamides is 1. The van der Waals surface area contributed by atoms with Crippen LogP contribution in [0.5, 0.6) is 0 Å². The Labute approximate surface area is 210 Å². The van der Waals surface area contributed by atoms with Crippen LogP contribution >= 0.6 is 0 Å². The van der Waals surface area contributed by atoms with Gasteiger partial charge in [0.1, 0.15) is 6.04 Å². The number of hydrogen-bond acceptors (Lipinski definition) is 4. The SMILES string of the molecule is CC[C@H](C)NC(=O)[C@H](CC)N(CCc1ccccc1)C(=O)CCCN(c1ccccc1)S(C)(=O)=O. The molecule has 1 N–H and O–H groups in total. The molecule has 2 aromatic rings. The fourth-order valence-electron chi connectivity index (χ4n) is 3.94. The van der Waals surface area contributed by atoms with Crippen molar-refractivity contribution in [3.63, 3.8) is 0 Å². The van der Waals surface area contributed by atoms with E-state index in [-0.39, 0.29) is 30.8 Å².